The molecule has 1 aliphatic heterocycles. The van der Waals surface area contributed by atoms with Gasteiger partial charge in [0.1, 0.15) is 15.3 Å². The number of carbonyl (C=O) groups is 2. The fourth-order valence-corrected chi connectivity index (χ4v) is 4.61. The lowest BCUT2D eigenvalue weighted by Crippen LogP contribution is -2.41. The molecule has 10 nitrogen and oxygen atoms in total. The molecule has 2 heterocycles. The average molecular weight is 500 g/mol. The highest BCUT2D eigenvalue weighted by atomic mass is 32.1. The molecule has 35 heavy (non-hydrogen) atoms. The molecule has 1 fully saturated rings. The van der Waals surface area contributed by atoms with Gasteiger partial charge in [0.05, 0.1) is 19.8 Å². The normalized spacial score (nSPS) is 15.3. The third-order valence-corrected chi connectivity index (χ3v) is 6.47. The number of hydrogen-bond acceptors (Lipinski definition) is 9. The highest BCUT2D eigenvalue weighted by Crippen LogP contribution is 2.10. The van der Waals surface area contributed by atoms with Crippen LogP contribution in [0.5, 0.6) is 0 Å². The first-order valence-corrected chi connectivity index (χ1v) is 12.3. The van der Waals surface area contributed by atoms with Gasteiger partial charge in [0.25, 0.3) is 11.5 Å². The Hall–Kier alpha value is -3.46. The van der Waals surface area contributed by atoms with E-state index >= 15 is 0 Å². The quantitative estimate of drug-likeness (QED) is 0.465. The van der Waals surface area contributed by atoms with E-state index in [1.807, 2.05) is 6.07 Å². The molecule has 0 radical (unpaired) electrons. The Labute approximate surface area is 207 Å². The number of amides is 1. The van der Waals surface area contributed by atoms with Crippen LogP contribution in [0.2, 0.25) is 0 Å². The first-order valence-electron chi connectivity index (χ1n) is 11.4. The van der Waals surface area contributed by atoms with E-state index in [0.717, 1.165) is 31.0 Å². The maximum Gasteiger partial charge on any atom is 0.351 e. The van der Waals surface area contributed by atoms with E-state index in [9.17, 15) is 19.6 Å². The summed E-state index contributed by atoms with van der Waals surface area (Å²) < 4.78 is 12.2. The summed E-state index contributed by atoms with van der Waals surface area (Å²) in [5.41, 5.74) is 0.587. The lowest BCUT2D eigenvalue weighted by Gasteiger charge is -2.26. The number of aromatic nitrogens is 1. The van der Waals surface area contributed by atoms with Crippen LogP contribution >= 0.6 is 11.3 Å². The van der Waals surface area contributed by atoms with E-state index in [2.05, 4.69) is 15.5 Å². The van der Waals surface area contributed by atoms with Crippen LogP contribution in [-0.2, 0) is 20.8 Å². The molecule has 0 unspecified atom stereocenters. The minimum absolute atomic E-state index is 0.128. The maximum atomic E-state index is 12.8. The second-order valence-electron chi connectivity index (χ2n) is 7.61. The third kappa shape index (κ3) is 6.79. The number of carbonyl (C=O) groups excluding carboxylic acids is 2. The predicted molar refractivity (Wildman–Crippen MR) is 133 cm³/mol. The molecule has 0 atom stereocenters. The van der Waals surface area contributed by atoms with Crippen molar-refractivity contribution in [3.05, 3.63) is 49.4 Å². The zero-order chi connectivity index (χ0) is 25.2. The number of anilines is 1. The molecule has 2 aromatic rings. The monoisotopic (exact) mass is 499 g/mol. The van der Waals surface area contributed by atoms with Crippen molar-refractivity contribution in [1.29, 1.82) is 5.26 Å². The van der Waals surface area contributed by atoms with Crippen LogP contribution in [0.3, 0.4) is 0 Å². The van der Waals surface area contributed by atoms with Crippen molar-refractivity contribution in [3.63, 3.8) is 0 Å². The lowest BCUT2D eigenvalue weighted by atomic mass is 10.2. The number of esters is 1. The topological polar surface area (TPSA) is 126 Å². The second-order valence-corrected chi connectivity index (χ2v) is 8.64. The Balaban J connectivity index is 1.75. The number of benzene rings is 1. The molecular weight excluding hydrogens is 470 g/mol. The van der Waals surface area contributed by atoms with Crippen molar-refractivity contribution >= 4 is 40.7 Å². The predicted octanol–water partition coefficient (Wildman–Crippen LogP) is 0.0792. The highest BCUT2D eigenvalue weighted by Gasteiger charge is 2.16. The van der Waals surface area contributed by atoms with E-state index in [-0.39, 0.29) is 28.3 Å². The van der Waals surface area contributed by atoms with Gasteiger partial charge in [-0.2, -0.15) is 5.26 Å². The molecule has 1 saturated heterocycles. The fourth-order valence-electron chi connectivity index (χ4n) is 3.53. The van der Waals surface area contributed by atoms with Crippen molar-refractivity contribution in [2.45, 2.75) is 20.4 Å². The van der Waals surface area contributed by atoms with Crippen molar-refractivity contribution < 1.29 is 19.1 Å². The van der Waals surface area contributed by atoms with Gasteiger partial charge in [-0.05, 0) is 32.0 Å². The average Bonchev–Trinajstić information content (AvgIpc) is 3.18. The number of nitrogens with one attached hydrogen (secondary N) is 2. The number of hydrogen-bond donors (Lipinski definition) is 2. The van der Waals surface area contributed by atoms with Gasteiger partial charge in [0.2, 0.25) is 0 Å². The molecule has 0 spiro atoms. The summed E-state index contributed by atoms with van der Waals surface area (Å²) in [4.78, 5) is 39.8. The molecule has 0 saturated carbocycles. The van der Waals surface area contributed by atoms with Gasteiger partial charge in [0.15, 0.2) is 5.57 Å². The van der Waals surface area contributed by atoms with Gasteiger partial charge in [-0.25, -0.2) is 4.79 Å². The zero-order valence-corrected chi connectivity index (χ0v) is 20.7. The van der Waals surface area contributed by atoms with Crippen molar-refractivity contribution in [2.24, 2.45) is 0 Å². The smallest absolute Gasteiger partial charge is 0.351 e. The van der Waals surface area contributed by atoms with Crippen LogP contribution in [0.25, 0.3) is 11.8 Å². The van der Waals surface area contributed by atoms with Gasteiger partial charge in [-0.1, -0.05) is 6.07 Å². The summed E-state index contributed by atoms with van der Waals surface area (Å²) in [6.07, 6.45) is 1.51. The SMILES string of the molecule is CCOC(=O)/C(C#N)=c1\s/c(=C\Nc2cccc(C(=O)NCCN3CCOCC3)c2)c(=O)n1CC. The Kier molecular flexibility index (Phi) is 9.60. The van der Waals surface area contributed by atoms with E-state index in [4.69, 9.17) is 9.47 Å². The largest absolute Gasteiger partial charge is 0.462 e. The van der Waals surface area contributed by atoms with Crippen LogP contribution in [0.15, 0.2) is 29.1 Å². The summed E-state index contributed by atoms with van der Waals surface area (Å²) in [7, 11) is 0. The minimum atomic E-state index is -0.759. The molecule has 1 aliphatic rings. The van der Waals surface area contributed by atoms with Gasteiger partial charge < -0.3 is 20.1 Å². The van der Waals surface area contributed by atoms with E-state index in [1.54, 1.807) is 38.1 Å². The molecule has 2 N–H and O–H groups in total. The lowest BCUT2D eigenvalue weighted by molar-refractivity contribution is -0.136. The number of morpholine rings is 1. The molecule has 0 bridgehead atoms. The molecule has 1 aromatic carbocycles. The molecule has 1 aromatic heterocycles. The van der Waals surface area contributed by atoms with Crippen molar-refractivity contribution in [3.8, 4) is 6.07 Å². The number of nitrogens with zero attached hydrogens (tertiary/aromatic N) is 3. The Bertz CT molecular complexity index is 1270. The Morgan fingerprint density at radius 2 is 2.06 bits per heavy atom. The second kappa shape index (κ2) is 12.9. The van der Waals surface area contributed by atoms with Gasteiger partial charge in [0, 0.05) is 50.2 Å². The molecule has 186 valence electrons. The van der Waals surface area contributed by atoms with Crippen LogP contribution in [0.1, 0.15) is 24.2 Å². The molecule has 0 aliphatic carbocycles. The van der Waals surface area contributed by atoms with Crippen molar-refractivity contribution in [2.75, 3.05) is 51.3 Å². The van der Waals surface area contributed by atoms with Gasteiger partial charge in [-0.15, -0.1) is 11.3 Å². The standard InChI is InChI=1S/C24H29N5O5S/c1-3-29-22(31)20(35-23(29)19(15-25)24(32)34-4-2)16-27-18-7-5-6-17(14-18)21(30)26-8-9-28-10-12-33-13-11-28/h5-7,14,16,27H,3-4,8-13H2,1-2H3,(H,26,30)/b20-16-,23-19-. The van der Waals surface area contributed by atoms with Crippen LogP contribution in [-0.4, -0.2) is 67.3 Å². The van der Waals surface area contributed by atoms with Gasteiger partial charge in [-0.3, -0.25) is 19.1 Å². The molecule has 11 heteroatoms. The fraction of sp³-hybridized carbons (Fsp3) is 0.417. The van der Waals surface area contributed by atoms with Crippen LogP contribution in [0.4, 0.5) is 5.69 Å². The summed E-state index contributed by atoms with van der Waals surface area (Å²) >= 11 is 1.03. The minimum Gasteiger partial charge on any atom is -0.462 e. The summed E-state index contributed by atoms with van der Waals surface area (Å²) in [6.45, 7) is 8.29. The van der Waals surface area contributed by atoms with E-state index in [0.29, 0.717) is 42.1 Å². The molecule has 1 amide bonds. The van der Waals surface area contributed by atoms with Gasteiger partial charge >= 0.3 is 5.97 Å². The molecular formula is C24H29N5O5S. The van der Waals surface area contributed by atoms with Crippen LogP contribution < -0.4 is 25.4 Å². The zero-order valence-electron chi connectivity index (χ0n) is 19.8. The summed E-state index contributed by atoms with van der Waals surface area (Å²) in [5, 5.41) is 15.4. The first-order chi connectivity index (χ1) is 17.0. The number of ether oxygens (including phenoxy) is 2. The first kappa shape index (κ1) is 26.2. The van der Waals surface area contributed by atoms with E-state index in [1.165, 1.54) is 10.8 Å². The number of rotatable bonds is 9. The summed E-state index contributed by atoms with van der Waals surface area (Å²) in [5.74, 6) is -0.943. The third-order valence-electron chi connectivity index (χ3n) is 5.34. The Morgan fingerprint density at radius 3 is 2.74 bits per heavy atom. The van der Waals surface area contributed by atoms with Crippen LogP contribution in [0, 0.1) is 11.3 Å². The Morgan fingerprint density at radius 1 is 1.29 bits per heavy atom. The number of thiazole rings is 1. The van der Waals surface area contributed by atoms with Crippen molar-refractivity contribution in [1.82, 2.24) is 14.8 Å². The van der Waals surface area contributed by atoms with E-state index < -0.39 is 5.97 Å². The molecule has 3 rings (SSSR count). The highest BCUT2D eigenvalue weighted by molar-refractivity contribution is 7.07. The maximum absolute atomic E-state index is 12.8. The number of nitriles is 1. The summed E-state index contributed by atoms with van der Waals surface area (Å²) in [6, 6.07) is 8.79.